The molecule has 0 saturated carbocycles. The van der Waals surface area contributed by atoms with E-state index in [1.54, 1.807) is 0 Å². The molecule has 5 N–H and O–H groups in total. The maximum Gasteiger partial charge on any atom is 0.404 e. The third-order valence-electron chi connectivity index (χ3n) is 1.18. The van der Waals surface area contributed by atoms with Crippen molar-refractivity contribution in [2.24, 2.45) is 5.73 Å². The Balaban J connectivity index is 3.01. The molecular weight excluding hydrogens is 178 g/mol. The molecule has 12 heavy (non-hydrogen) atoms. The van der Waals surface area contributed by atoms with Crippen LogP contribution >= 0.6 is 12.2 Å². The zero-order valence-corrected chi connectivity index (χ0v) is 7.49. The average molecular weight is 191 g/mol. The standard InChI is InChI=1S/C6H13N3O2S/c7-5(12)8-3-1-2-4-9-6(10)11/h9H,1-4H2,(H,10,11)(H3,7,8,12). The molecule has 6 heteroatoms. The number of carboxylic acid groups (broad SMARTS) is 1. The Morgan fingerprint density at radius 2 is 1.83 bits per heavy atom. The number of amides is 1. The molecule has 0 aromatic rings. The first kappa shape index (κ1) is 11.0. The Kier molecular flexibility index (Phi) is 6.08. The summed E-state index contributed by atoms with van der Waals surface area (Å²) < 4.78 is 0. The maximum absolute atomic E-state index is 9.97. The van der Waals surface area contributed by atoms with Crippen LogP contribution in [-0.2, 0) is 0 Å². The molecule has 0 aromatic carbocycles. The van der Waals surface area contributed by atoms with Crippen molar-refractivity contribution in [2.75, 3.05) is 13.1 Å². The molecule has 0 bridgehead atoms. The van der Waals surface area contributed by atoms with Gasteiger partial charge in [-0.3, -0.25) is 0 Å². The summed E-state index contributed by atoms with van der Waals surface area (Å²) in [6.45, 7) is 1.16. The number of nitrogens with one attached hydrogen (secondary N) is 2. The highest BCUT2D eigenvalue weighted by Crippen LogP contribution is 1.83. The number of carbonyl (C=O) groups is 1. The van der Waals surface area contributed by atoms with Crippen molar-refractivity contribution in [3.63, 3.8) is 0 Å². The summed E-state index contributed by atoms with van der Waals surface area (Å²) in [5.74, 6) is 0. The van der Waals surface area contributed by atoms with Crippen LogP contribution < -0.4 is 16.4 Å². The summed E-state index contributed by atoms with van der Waals surface area (Å²) in [7, 11) is 0. The van der Waals surface area contributed by atoms with Gasteiger partial charge in [0.15, 0.2) is 5.11 Å². The van der Waals surface area contributed by atoms with Gasteiger partial charge in [0.1, 0.15) is 0 Å². The van der Waals surface area contributed by atoms with E-state index in [2.05, 4.69) is 22.9 Å². The van der Waals surface area contributed by atoms with Crippen molar-refractivity contribution in [3.05, 3.63) is 0 Å². The zero-order valence-electron chi connectivity index (χ0n) is 6.67. The van der Waals surface area contributed by atoms with Crippen LogP contribution in [0.5, 0.6) is 0 Å². The minimum atomic E-state index is -0.989. The van der Waals surface area contributed by atoms with Gasteiger partial charge in [0.2, 0.25) is 0 Å². The van der Waals surface area contributed by atoms with Gasteiger partial charge < -0.3 is 21.5 Å². The lowest BCUT2D eigenvalue weighted by atomic mass is 10.3. The molecule has 70 valence electrons. The first-order chi connectivity index (χ1) is 5.63. The van der Waals surface area contributed by atoms with Gasteiger partial charge in [-0.15, -0.1) is 0 Å². The third kappa shape index (κ3) is 8.96. The van der Waals surface area contributed by atoms with E-state index in [4.69, 9.17) is 10.8 Å². The fourth-order valence-electron chi connectivity index (χ4n) is 0.657. The van der Waals surface area contributed by atoms with Crippen molar-refractivity contribution < 1.29 is 9.90 Å². The molecule has 0 aromatic heterocycles. The van der Waals surface area contributed by atoms with E-state index in [0.717, 1.165) is 12.8 Å². The fourth-order valence-corrected chi connectivity index (χ4v) is 0.759. The van der Waals surface area contributed by atoms with Gasteiger partial charge in [-0.1, -0.05) is 0 Å². The lowest BCUT2D eigenvalue weighted by Crippen LogP contribution is -2.30. The van der Waals surface area contributed by atoms with Gasteiger partial charge in [-0.25, -0.2) is 4.79 Å². The topological polar surface area (TPSA) is 87.4 Å². The Morgan fingerprint density at radius 3 is 2.25 bits per heavy atom. The molecular formula is C6H13N3O2S. The minimum absolute atomic E-state index is 0.279. The van der Waals surface area contributed by atoms with Crippen LogP contribution in [0.2, 0.25) is 0 Å². The molecule has 0 fully saturated rings. The Labute approximate surface area is 76.3 Å². The minimum Gasteiger partial charge on any atom is -0.465 e. The van der Waals surface area contributed by atoms with Crippen LogP contribution in [0, 0.1) is 0 Å². The molecule has 0 radical (unpaired) electrons. The van der Waals surface area contributed by atoms with Gasteiger partial charge >= 0.3 is 6.09 Å². The van der Waals surface area contributed by atoms with E-state index in [1.165, 1.54) is 0 Å². The Hall–Kier alpha value is -1.04. The van der Waals surface area contributed by atoms with Crippen molar-refractivity contribution in [1.82, 2.24) is 10.6 Å². The predicted octanol–water partition coefficient (Wildman–Crippen LogP) is -0.133. The van der Waals surface area contributed by atoms with E-state index in [0.29, 0.717) is 13.1 Å². The van der Waals surface area contributed by atoms with Crippen LogP contribution in [0.4, 0.5) is 4.79 Å². The average Bonchev–Trinajstić information content (AvgIpc) is 1.95. The van der Waals surface area contributed by atoms with Crippen LogP contribution in [0.15, 0.2) is 0 Å². The highest BCUT2D eigenvalue weighted by Gasteiger charge is 1.93. The second-order valence-electron chi connectivity index (χ2n) is 2.23. The van der Waals surface area contributed by atoms with Gasteiger partial charge in [0.25, 0.3) is 0 Å². The molecule has 5 nitrogen and oxygen atoms in total. The van der Waals surface area contributed by atoms with Crippen molar-refractivity contribution in [3.8, 4) is 0 Å². The smallest absolute Gasteiger partial charge is 0.404 e. The number of thiocarbonyl (C=S) groups is 1. The second-order valence-corrected chi connectivity index (χ2v) is 2.67. The molecule has 0 aliphatic carbocycles. The molecule has 0 aliphatic heterocycles. The number of hydrogen-bond donors (Lipinski definition) is 4. The molecule has 0 heterocycles. The van der Waals surface area contributed by atoms with Gasteiger partial charge in [-0.2, -0.15) is 0 Å². The van der Waals surface area contributed by atoms with E-state index in [9.17, 15) is 4.79 Å². The normalized spacial score (nSPS) is 9.00. The lowest BCUT2D eigenvalue weighted by molar-refractivity contribution is 0.194. The Bertz CT molecular complexity index is 145. The summed E-state index contributed by atoms with van der Waals surface area (Å²) >= 11 is 4.57. The van der Waals surface area contributed by atoms with Crippen LogP contribution in [0.1, 0.15) is 12.8 Å². The largest absolute Gasteiger partial charge is 0.465 e. The quantitative estimate of drug-likeness (QED) is 0.359. The first-order valence-corrected chi connectivity index (χ1v) is 4.04. The van der Waals surface area contributed by atoms with Crippen molar-refractivity contribution >= 4 is 23.4 Å². The zero-order chi connectivity index (χ0) is 9.40. The molecule has 0 atom stereocenters. The maximum atomic E-state index is 9.97. The SMILES string of the molecule is NC(=S)NCCCCNC(=O)O. The highest BCUT2D eigenvalue weighted by molar-refractivity contribution is 7.80. The van der Waals surface area contributed by atoms with Crippen LogP contribution in [-0.4, -0.2) is 29.4 Å². The highest BCUT2D eigenvalue weighted by atomic mass is 32.1. The van der Waals surface area contributed by atoms with Gasteiger partial charge in [0, 0.05) is 13.1 Å². The first-order valence-electron chi connectivity index (χ1n) is 3.63. The second kappa shape index (κ2) is 6.66. The summed E-state index contributed by atoms with van der Waals surface area (Å²) in [5, 5.41) is 13.5. The summed E-state index contributed by atoms with van der Waals surface area (Å²) in [6.07, 6.45) is 0.636. The van der Waals surface area contributed by atoms with E-state index in [1.807, 2.05) is 0 Å². The lowest BCUT2D eigenvalue weighted by Gasteiger charge is -2.02. The number of nitrogens with two attached hydrogens (primary N) is 1. The molecule has 1 amide bonds. The molecule has 0 spiro atoms. The molecule has 0 aliphatic rings. The summed E-state index contributed by atoms with van der Waals surface area (Å²) in [6, 6.07) is 0. The number of rotatable bonds is 5. The van der Waals surface area contributed by atoms with Gasteiger partial charge in [0.05, 0.1) is 0 Å². The van der Waals surface area contributed by atoms with Crippen LogP contribution in [0.25, 0.3) is 0 Å². The Morgan fingerprint density at radius 1 is 1.33 bits per heavy atom. The summed E-state index contributed by atoms with van der Waals surface area (Å²) in [5.41, 5.74) is 5.17. The third-order valence-corrected chi connectivity index (χ3v) is 1.32. The monoisotopic (exact) mass is 191 g/mol. The van der Waals surface area contributed by atoms with Crippen molar-refractivity contribution in [1.29, 1.82) is 0 Å². The molecule has 0 saturated heterocycles. The molecule has 0 unspecified atom stereocenters. The number of hydrogen-bond acceptors (Lipinski definition) is 2. The van der Waals surface area contributed by atoms with Gasteiger partial charge in [-0.05, 0) is 25.1 Å². The number of unbranched alkanes of at least 4 members (excludes halogenated alkanes) is 1. The van der Waals surface area contributed by atoms with E-state index in [-0.39, 0.29) is 5.11 Å². The summed E-state index contributed by atoms with van der Waals surface area (Å²) in [4.78, 5) is 9.97. The molecule has 0 rings (SSSR count). The van der Waals surface area contributed by atoms with E-state index >= 15 is 0 Å². The van der Waals surface area contributed by atoms with Crippen molar-refractivity contribution in [2.45, 2.75) is 12.8 Å². The fraction of sp³-hybridized carbons (Fsp3) is 0.667. The van der Waals surface area contributed by atoms with E-state index < -0.39 is 6.09 Å². The van der Waals surface area contributed by atoms with Crippen LogP contribution in [0.3, 0.4) is 0 Å². The predicted molar refractivity (Wildman–Crippen MR) is 50.0 cm³/mol.